The van der Waals surface area contributed by atoms with Gasteiger partial charge in [0.05, 0.1) is 22.9 Å². The summed E-state index contributed by atoms with van der Waals surface area (Å²) in [5, 5.41) is 1.19. The number of carbonyl (C=O) groups excluding carboxylic acids is 1. The Balaban J connectivity index is 2.04. The number of benzene rings is 2. The zero-order valence-corrected chi connectivity index (χ0v) is 19.0. The van der Waals surface area contributed by atoms with Gasteiger partial charge in [-0.25, -0.2) is 4.98 Å². The Labute approximate surface area is 180 Å². The van der Waals surface area contributed by atoms with Crippen LogP contribution in [-0.4, -0.2) is 50.1 Å². The number of thiazole rings is 1. The standard InChI is InChI=1S/C22H26ClN3O2S/c1-14-7-10-19-20(15(14)2)24-22(29-19)26(12-6-11-25(3)4)21(27)17-13-16(23)8-9-18(17)28-5/h7-10,13H,6,11-12H2,1-5H3. The van der Waals surface area contributed by atoms with Crippen molar-refractivity contribution in [3.63, 3.8) is 0 Å². The zero-order chi connectivity index (χ0) is 21.1. The summed E-state index contributed by atoms with van der Waals surface area (Å²) in [5.41, 5.74) is 3.73. The molecule has 0 radical (unpaired) electrons. The average Bonchev–Trinajstić information content (AvgIpc) is 3.12. The van der Waals surface area contributed by atoms with E-state index in [1.54, 1.807) is 30.2 Å². The third-order valence-electron chi connectivity index (χ3n) is 4.93. The first-order valence-electron chi connectivity index (χ1n) is 9.48. The SMILES string of the molecule is COc1ccc(Cl)cc1C(=O)N(CCCN(C)C)c1nc2c(C)c(C)ccc2s1. The summed E-state index contributed by atoms with van der Waals surface area (Å²) in [6, 6.07) is 9.26. The van der Waals surface area contributed by atoms with Crippen LogP contribution in [0.2, 0.25) is 5.02 Å². The average molecular weight is 432 g/mol. The molecule has 1 heterocycles. The van der Waals surface area contributed by atoms with Crippen LogP contribution in [0, 0.1) is 13.8 Å². The van der Waals surface area contributed by atoms with E-state index >= 15 is 0 Å². The molecule has 29 heavy (non-hydrogen) atoms. The molecule has 0 spiro atoms. The molecule has 7 heteroatoms. The minimum absolute atomic E-state index is 0.156. The minimum atomic E-state index is -0.156. The molecule has 0 saturated carbocycles. The number of ether oxygens (including phenoxy) is 1. The summed E-state index contributed by atoms with van der Waals surface area (Å²) in [5.74, 6) is 0.349. The Bertz CT molecular complexity index is 1030. The van der Waals surface area contributed by atoms with Crippen LogP contribution < -0.4 is 9.64 Å². The minimum Gasteiger partial charge on any atom is -0.496 e. The molecule has 0 fully saturated rings. The first-order valence-corrected chi connectivity index (χ1v) is 10.7. The highest BCUT2D eigenvalue weighted by atomic mass is 35.5. The van der Waals surface area contributed by atoms with Crippen molar-refractivity contribution >= 4 is 44.2 Å². The number of halogens is 1. The van der Waals surface area contributed by atoms with E-state index in [0.29, 0.717) is 28.0 Å². The Morgan fingerprint density at radius 2 is 1.93 bits per heavy atom. The van der Waals surface area contributed by atoms with Gasteiger partial charge in [-0.15, -0.1) is 0 Å². The summed E-state index contributed by atoms with van der Waals surface area (Å²) in [6.07, 6.45) is 0.829. The molecular weight excluding hydrogens is 406 g/mol. The van der Waals surface area contributed by atoms with Crippen molar-refractivity contribution in [2.75, 3.05) is 39.2 Å². The van der Waals surface area contributed by atoms with Crippen molar-refractivity contribution in [1.82, 2.24) is 9.88 Å². The fourth-order valence-corrected chi connectivity index (χ4v) is 4.37. The highest BCUT2D eigenvalue weighted by Gasteiger charge is 2.24. The van der Waals surface area contributed by atoms with Crippen LogP contribution in [0.15, 0.2) is 30.3 Å². The fraction of sp³-hybridized carbons (Fsp3) is 0.364. The number of fused-ring (bicyclic) bond motifs is 1. The second-order valence-corrected chi connectivity index (χ2v) is 8.75. The van der Waals surface area contributed by atoms with Crippen molar-refractivity contribution in [1.29, 1.82) is 0 Å². The maximum Gasteiger partial charge on any atom is 0.263 e. The molecule has 0 aliphatic carbocycles. The molecule has 5 nitrogen and oxygen atoms in total. The number of aromatic nitrogens is 1. The largest absolute Gasteiger partial charge is 0.496 e. The van der Waals surface area contributed by atoms with Crippen molar-refractivity contribution in [3.05, 3.63) is 52.0 Å². The third-order valence-corrected chi connectivity index (χ3v) is 6.21. The molecule has 2 aromatic carbocycles. The second-order valence-electron chi connectivity index (χ2n) is 7.31. The van der Waals surface area contributed by atoms with Crippen LogP contribution in [0.4, 0.5) is 5.13 Å². The molecule has 0 aliphatic rings. The lowest BCUT2D eigenvalue weighted by molar-refractivity contribution is 0.0983. The van der Waals surface area contributed by atoms with E-state index in [-0.39, 0.29) is 5.91 Å². The molecular formula is C22H26ClN3O2S. The number of hydrogen-bond donors (Lipinski definition) is 0. The molecule has 0 atom stereocenters. The lowest BCUT2D eigenvalue weighted by Gasteiger charge is -2.22. The molecule has 0 bridgehead atoms. The van der Waals surface area contributed by atoms with Gasteiger partial charge in [-0.2, -0.15) is 0 Å². The first-order chi connectivity index (χ1) is 13.8. The Hall–Kier alpha value is -2.15. The number of nitrogens with zero attached hydrogens (tertiary/aromatic N) is 3. The fourth-order valence-electron chi connectivity index (χ4n) is 3.15. The summed E-state index contributed by atoms with van der Waals surface area (Å²) in [4.78, 5) is 22.2. The molecule has 154 valence electrons. The van der Waals surface area contributed by atoms with Crippen molar-refractivity contribution in [2.45, 2.75) is 20.3 Å². The molecule has 3 aromatic rings. The van der Waals surface area contributed by atoms with E-state index in [9.17, 15) is 4.79 Å². The Morgan fingerprint density at radius 1 is 1.17 bits per heavy atom. The predicted molar refractivity (Wildman–Crippen MR) is 122 cm³/mol. The number of anilines is 1. The van der Waals surface area contributed by atoms with Gasteiger partial charge in [0, 0.05) is 11.6 Å². The first kappa shape index (κ1) is 21.6. The van der Waals surface area contributed by atoms with Crippen molar-refractivity contribution in [3.8, 4) is 5.75 Å². The van der Waals surface area contributed by atoms with Crippen molar-refractivity contribution in [2.24, 2.45) is 0 Å². The number of hydrogen-bond acceptors (Lipinski definition) is 5. The molecule has 0 saturated heterocycles. The van der Waals surface area contributed by atoms with Gasteiger partial charge in [0.1, 0.15) is 5.75 Å². The summed E-state index contributed by atoms with van der Waals surface area (Å²) < 4.78 is 6.49. The molecule has 3 rings (SSSR count). The van der Waals surface area contributed by atoms with Crippen LogP contribution in [0.5, 0.6) is 5.75 Å². The van der Waals surface area contributed by atoms with E-state index in [0.717, 1.165) is 28.7 Å². The Kier molecular flexibility index (Phi) is 6.77. The van der Waals surface area contributed by atoms with E-state index in [4.69, 9.17) is 21.3 Å². The van der Waals surface area contributed by atoms with Crippen LogP contribution in [0.3, 0.4) is 0 Å². The lowest BCUT2D eigenvalue weighted by atomic mass is 10.1. The number of methoxy groups -OCH3 is 1. The molecule has 1 aromatic heterocycles. The normalized spacial score (nSPS) is 11.3. The van der Waals surface area contributed by atoms with E-state index in [2.05, 4.69) is 30.9 Å². The smallest absolute Gasteiger partial charge is 0.263 e. The number of amides is 1. The zero-order valence-electron chi connectivity index (χ0n) is 17.5. The van der Waals surface area contributed by atoms with Gasteiger partial charge >= 0.3 is 0 Å². The van der Waals surface area contributed by atoms with Crippen LogP contribution in [-0.2, 0) is 0 Å². The van der Waals surface area contributed by atoms with Gasteiger partial charge in [-0.1, -0.05) is 29.0 Å². The lowest BCUT2D eigenvalue weighted by Crippen LogP contribution is -2.33. The molecule has 0 N–H and O–H groups in total. The number of aryl methyl sites for hydroxylation is 2. The van der Waals surface area contributed by atoms with Crippen LogP contribution in [0.1, 0.15) is 27.9 Å². The maximum atomic E-state index is 13.5. The highest BCUT2D eigenvalue weighted by Crippen LogP contribution is 2.34. The summed E-state index contributed by atoms with van der Waals surface area (Å²) in [6.45, 7) is 5.58. The summed E-state index contributed by atoms with van der Waals surface area (Å²) >= 11 is 7.71. The topological polar surface area (TPSA) is 45.7 Å². The highest BCUT2D eigenvalue weighted by molar-refractivity contribution is 7.22. The second kappa shape index (κ2) is 9.11. The van der Waals surface area contributed by atoms with Gasteiger partial charge in [0.2, 0.25) is 0 Å². The van der Waals surface area contributed by atoms with Gasteiger partial charge < -0.3 is 9.64 Å². The van der Waals surface area contributed by atoms with Crippen LogP contribution in [0.25, 0.3) is 10.2 Å². The van der Waals surface area contributed by atoms with E-state index < -0.39 is 0 Å². The van der Waals surface area contributed by atoms with Crippen molar-refractivity contribution < 1.29 is 9.53 Å². The van der Waals surface area contributed by atoms with E-state index in [1.165, 1.54) is 16.9 Å². The number of carbonyl (C=O) groups is 1. The van der Waals surface area contributed by atoms with Gasteiger partial charge in [-0.05, 0) is 76.3 Å². The molecule has 0 unspecified atom stereocenters. The van der Waals surface area contributed by atoms with E-state index in [1.807, 2.05) is 14.1 Å². The number of rotatable bonds is 7. The maximum absolute atomic E-state index is 13.5. The quantitative estimate of drug-likeness (QED) is 0.517. The van der Waals surface area contributed by atoms with Gasteiger partial charge in [0.15, 0.2) is 5.13 Å². The Morgan fingerprint density at radius 3 is 2.62 bits per heavy atom. The third kappa shape index (κ3) is 4.71. The van der Waals surface area contributed by atoms with Crippen LogP contribution >= 0.6 is 22.9 Å². The molecule has 0 aliphatic heterocycles. The molecule has 1 amide bonds. The summed E-state index contributed by atoms with van der Waals surface area (Å²) in [7, 11) is 5.60. The predicted octanol–water partition coefficient (Wildman–Crippen LogP) is 5.17. The van der Waals surface area contributed by atoms with Gasteiger partial charge in [0.25, 0.3) is 5.91 Å². The monoisotopic (exact) mass is 431 g/mol. The van der Waals surface area contributed by atoms with Gasteiger partial charge in [-0.3, -0.25) is 9.69 Å².